The predicted molar refractivity (Wildman–Crippen MR) is 98.8 cm³/mol. The molecule has 1 spiro atoms. The first-order chi connectivity index (χ1) is 13.1. The summed E-state index contributed by atoms with van der Waals surface area (Å²) in [6.07, 6.45) is 11.1. The lowest BCUT2D eigenvalue weighted by molar-refractivity contribution is -0.143. The minimum Gasteiger partial charge on any atom is -0.376 e. The van der Waals surface area contributed by atoms with Crippen molar-refractivity contribution in [1.82, 2.24) is 19.8 Å². The van der Waals surface area contributed by atoms with Crippen LogP contribution in [0.1, 0.15) is 44.2 Å². The molecule has 0 bridgehead atoms. The van der Waals surface area contributed by atoms with E-state index in [1.165, 1.54) is 0 Å². The van der Waals surface area contributed by atoms with E-state index < -0.39 is 0 Å². The van der Waals surface area contributed by atoms with Crippen molar-refractivity contribution in [1.29, 1.82) is 0 Å². The van der Waals surface area contributed by atoms with Crippen LogP contribution in [-0.4, -0.2) is 70.5 Å². The Morgan fingerprint density at radius 3 is 2.81 bits per heavy atom. The van der Waals surface area contributed by atoms with E-state index in [1.54, 1.807) is 18.6 Å². The molecule has 3 aliphatic rings. The highest BCUT2D eigenvalue weighted by Gasteiger charge is 2.42. The molecule has 4 rings (SSSR count). The summed E-state index contributed by atoms with van der Waals surface area (Å²) in [6.45, 7) is 3.90. The third kappa shape index (κ3) is 4.29. The fourth-order valence-electron chi connectivity index (χ4n) is 4.63. The highest BCUT2D eigenvalue weighted by atomic mass is 16.5. The van der Waals surface area contributed by atoms with E-state index in [1.807, 2.05) is 9.80 Å². The maximum atomic E-state index is 12.6. The lowest BCUT2D eigenvalue weighted by atomic mass is 9.72. The van der Waals surface area contributed by atoms with E-state index in [0.717, 1.165) is 64.9 Å². The van der Waals surface area contributed by atoms with Gasteiger partial charge in [-0.05, 0) is 37.5 Å². The second kappa shape index (κ2) is 7.92. The number of piperidine rings is 2. The number of likely N-dealkylation sites (tertiary alicyclic amines) is 2. The van der Waals surface area contributed by atoms with Crippen LogP contribution in [-0.2, 0) is 20.7 Å². The third-order valence-electron chi connectivity index (χ3n) is 6.32. The summed E-state index contributed by atoms with van der Waals surface area (Å²) in [4.78, 5) is 37.1. The minimum atomic E-state index is 0.119. The number of hydrogen-bond acceptors (Lipinski definition) is 5. The Kier molecular flexibility index (Phi) is 5.38. The number of amides is 2. The van der Waals surface area contributed by atoms with Crippen LogP contribution in [0, 0.1) is 5.41 Å². The average Bonchev–Trinajstić information content (AvgIpc) is 3.19. The summed E-state index contributed by atoms with van der Waals surface area (Å²) >= 11 is 0. The van der Waals surface area contributed by atoms with E-state index >= 15 is 0 Å². The van der Waals surface area contributed by atoms with Crippen LogP contribution < -0.4 is 0 Å². The van der Waals surface area contributed by atoms with Crippen molar-refractivity contribution in [3.8, 4) is 0 Å². The molecule has 1 aromatic rings. The lowest BCUT2D eigenvalue weighted by Crippen LogP contribution is -2.53. The van der Waals surface area contributed by atoms with Gasteiger partial charge in [0.05, 0.1) is 18.2 Å². The third-order valence-corrected chi connectivity index (χ3v) is 6.32. The number of ether oxygens (including phenoxy) is 1. The van der Waals surface area contributed by atoms with Gasteiger partial charge in [0.15, 0.2) is 0 Å². The fourth-order valence-corrected chi connectivity index (χ4v) is 4.63. The van der Waals surface area contributed by atoms with Crippen molar-refractivity contribution in [3.05, 3.63) is 24.3 Å². The van der Waals surface area contributed by atoms with Gasteiger partial charge in [0.25, 0.3) is 0 Å². The Balaban J connectivity index is 1.31. The van der Waals surface area contributed by atoms with Gasteiger partial charge in [-0.2, -0.15) is 0 Å². The Labute approximate surface area is 160 Å². The van der Waals surface area contributed by atoms with Crippen molar-refractivity contribution < 1.29 is 14.3 Å². The van der Waals surface area contributed by atoms with Crippen LogP contribution in [0.3, 0.4) is 0 Å². The van der Waals surface area contributed by atoms with Crippen LogP contribution in [0.4, 0.5) is 0 Å². The zero-order valence-corrected chi connectivity index (χ0v) is 15.8. The molecular formula is C20H28N4O3. The molecule has 7 heteroatoms. The van der Waals surface area contributed by atoms with Crippen molar-refractivity contribution in [2.24, 2.45) is 5.41 Å². The molecule has 1 aromatic heterocycles. The van der Waals surface area contributed by atoms with Crippen LogP contribution in [0.5, 0.6) is 0 Å². The summed E-state index contributed by atoms with van der Waals surface area (Å²) in [5, 5.41) is 0. The summed E-state index contributed by atoms with van der Waals surface area (Å²) in [7, 11) is 0. The molecule has 0 aliphatic carbocycles. The van der Waals surface area contributed by atoms with Gasteiger partial charge >= 0.3 is 0 Å². The smallest absolute Gasteiger partial charge is 0.228 e. The van der Waals surface area contributed by atoms with Crippen LogP contribution >= 0.6 is 0 Å². The standard InChI is InChI=1S/C20H28N4O3/c25-18-3-4-20(15-24(18)14-17-2-1-11-27-17)5-9-23(10-6-20)19(26)12-16-13-21-7-8-22-16/h7-8,13,17H,1-6,9-12,14-15H2/t17-/m0/s1. The first-order valence-electron chi connectivity index (χ1n) is 10.1. The van der Waals surface area contributed by atoms with Crippen molar-refractivity contribution in [2.45, 2.75) is 51.0 Å². The number of hydrogen-bond donors (Lipinski definition) is 0. The van der Waals surface area contributed by atoms with Crippen molar-refractivity contribution in [3.63, 3.8) is 0 Å². The van der Waals surface area contributed by atoms with Gasteiger partial charge in [-0.1, -0.05) is 0 Å². The SMILES string of the molecule is O=C(Cc1cnccn1)N1CCC2(CCC(=O)N(C[C@@H]3CCCO3)C2)CC1. The zero-order valence-electron chi connectivity index (χ0n) is 15.8. The molecule has 7 nitrogen and oxygen atoms in total. The molecule has 2 amide bonds. The molecule has 0 N–H and O–H groups in total. The van der Waals surface area contributed by atoms with E-state index in [4.69, 9.17) is 4.74 Å². The largest absolute Gasteiger partial charge is 0.376 e. The van der Waals surface area contributed by atoms with Crippen LogP contribution in [0.15, 0.2) is 18.6 Å². The Hall–Kier alpha value is -2.02. The molecule has 3 saturated heterocycles. The molecule has 146 valence electrons. The van der Waals surface area contributed by atoms with Gasteiger partial charge < -0.3 is 14.5 Å². The summed E-state index contributed by atoms with van der Waals surface area (Å²) in [5.41, 5.74) is 0.879. The van der Waals surface area contributed by atoms with Gasteiger partial charge in [-0.25, -0.2) is 0 Å². The van der Waals surface area contributed by atoms with Gasteiger partial charge in [0.1, 0.15) is 0 Å². The molecule has 4 heterocycles. The summed E-state index contributed by atoms with van der Waals surface area (Å²) < 4.78 is 5.73. The first-order valence-corrected chi connectivity index (χ1v) is 10.1. The van der Waals surface area contributed by atoms with Crippen LogP contribution in [0.2, 0.25) is 0 Å². The second-order valence-corrected chi connectivity index (χ2v) is 8.16. The highest BCUT2D eigenvalue weighted by molar-refractivity contribution is 5.79. The number of carbonyl (C=O) groups excluding carboxylic acids is 2. The van der Waals surface area contributed by atoms with E-state index in [9.17, 15) is 9.59 Å². The number of aromatic nitrogens is 2. The molecule has 1 atom stereocenters. The Morgan fingerprint density at radius 1 is 1.26 bits per heavy atom. The van der Waals surface area contributed by atoms with Gasteiger partial charge in [-0.3, -0.25) is 19.6 Å². The van der Waals surface area contributed by atoms with Gasteiger partial charge in [0.2, 0.25) is 11.8 Å². The maximum absolute atomic E-state index is 12.6. The fraction of sp³-hybridized carbons (Fsp3) is 0.700. The molecule has 0 unspecified atom stereocenters. The van der Waals surface area contributed by atoms with E-state index in [0.29, 0.717) is 18.5 Å². The quantitative estimate of drug-likeness (QED) is 0.799. The van der Waals surface area contributed by atoms with Gasteiger partial charge in [-0.15, -0.1) is 0 Å². The Bertz CT molecular complexity index is 667. The molecule has 0 aromatic carbocycles. The van der Waals surface area contributed by atoms with Crippen LogP contribution in [0.25, 0.3) is 0 Å². The average molecular weight is 372 g/mol. The highest BCUT2D eigenvalue weighted by Crippen LogP contribution is 2.40. The minimum absolute atomic E-state index is 0.119. The second-order valence-electron chi connectivity index (χ2n) is 8.16. The van der Waals surface area contributed by atoms with Crippen molar-refractivity contribution >= 4 is 11.8 Å². The summed E-state index contributed by atoms with van der Waals surface area (Å²) in [6, 6.07) is 0. The number of carbonyl (C=O) groups is 2. The van der Waals surface area contributed by atoms with Crippen molar-refractivity contribution in [2.75, 3.05) is 32.8 Å². The molecule has 3 fully saturated rings. The molecular weight excluding hydrogens is 344 g/mol. The summed E-state index contributed by atoms with van der Waals surface area (Å²) in [5.74, 6) is 0.380. The van der Waals surface area contributed by atoms with E-state index in [-0.39, 0.29) is 23.3 Å². The predicted octanol–water partition coefficient (Wildman–Crippen LogP) is 1.43. The zero-order chi connectivity index (χ0) is 18.7. The Morgan fingerprint density at radius 2 is 2.11 bits per heavy atom. The lowest BCUT2D eigenvalue weighted by Gasteiger charge is -2.47. The molecule has 0 radical (unpaired) electrons. The monoisotopic (exact) mass is 372 g/mol. The molecule has 27 heavy (non-hydrogen) atoms. The normalized spacial score (nSPS) is 25.2. The maximum Gasteiger partial charge on any atom is 0.228 e. The number of nitrogens with zero attached hydrogens (tertiary/aromatic N) is 4. The van der Waals surface area contributed by atoms with E-state index in [2.05, 4.69) is 9.97 Å². The topological polar surface area (TPSA) is 75.6 Å². The molecule has 3 aliphatic heterocycles. The number of rotatable bonds is 4. The molecule has 0 saturated carbocycles. The first kappa shape index (κ1) is 18.3. The van der Waals surface area contributed by atoms with Gasteiger partial charge in [0, 0.05) is 57.8 Å².